The van der Waals surface area contributed by atoms with Crippen LogP contribution in [0.3, 0.4) is 0 Å². The van der Waals surface area contributed by atoms with Crippen LogP contribution in [0.15, 0.2) is 12.1 Å². The molecule has 5 nitrogen and oxygen atoms in total. The minimum Gasteiger partial charge on any atom is -0.367 e. The standard InChI is InChI=1S/C23H36F2N4O/c1-5-23(3,6-2)16-7-8-17(15-16)28-11-13-29(14-12-28)19-10-9-18(22(30)26-4)27-20(19)21(24)25/h9-10,16-17,21H,5-8,11-15H2,1-4H3,(H,26,30)/t16?,17-/m1/s1. The Morgan fingerprint density at radius 2 is 1.87 bits per heavy atom. The summed E-state index contributed by atoms with van der Waals surface area (Å²) in [5.41, 5.74) is 0.612. The number of rotatable bonds is 7. The van der Waals surface area contributed by atoms with Crippen LogP contribution >= 0.6 is 0 Å². The maximum atomic E-state index is 13.6. The second-order valence-electron chi connectivity index (χ2n) is 9.03. The molecule has 0 bridgehead atoms. The highest BCUT2D eigenvalue weighted by Gasteiger charge is 2.39. The molecule has 1 aliphatic heterocycles. The average molecular weight is 423 g/mol. The normalized spacial score (nSPS) is 23.2. The Morgan fingerprint density at radius 3 is 2.43 bits per heavy atom. The fraction of sp³-hybridized carbons (Fsp3) is 0.739. The van der Waals surface area contributed by atoms with Crippen LogP contribution in [0.2, 0.25) is 0 Å². The van der Waals surface area contributed by atoms with E-state index in [-0.39, 0.29) is 11.4 Å². The van der Waals surface area contributed by atoms with Gasteiger partial charge in [0.2, 0.25) is 0 Å². The summed E-state index contributed by atoms with van der Waals surface area (Å²) in [4.78, 5) is 20.3. The largest absolute Gasteiger partial charge is 0.367 e. The van der Waals surface area contributed by atoms with Gasteiger partial charge in [-0.1, -0.05) is 33.6 Å². The third kappa shape index (κ3) is 4.61. The van der Waals surface area contributed by atoms with Crippen molar-refractivity contribution in [3.05, 3.63) is 23.5 Å². The molecular weight excluding hydrogens is 386 g/mol. The highest BCUT2D eigenvalue weighted by Crippen LogP contribution is 2.45. The summed E-state index contributed by atoms with van der Waals surface area (Å²) in [6.45, 7) is 10.2. The van der Waals surface area contributed by atoms with Crippen molar-refractivity contribution in [1.82, 2.24) is 15.2 Å². The quantitative estimate of drug-likeness (QED) is 0.703. The first-order valence-electron chi connectivity index (χ1n) is 11.3. The van der Waals surface area contributed by atoms with Crippen molar-refractivity contribution in [2.75, 3.05) is 38.1 Å². The Balaban J connectivity index is 1.64. The summed E-state index contributed by atoms with van der Waals surface area (Å²) in [5.74, 6) is 0.331. The summed E-state index contributed by atoms with van der Waals surface area (Å²) >= 11 is 0. The van der Waals surface area contributed by atoms with Crippen LogP contribution in [0.5, 0.6) is 0 Å². The molecule has 2 fully saturated rings. The van der Waals surface area contributed by atoms with Gasteiger partial charge in [0, 0.05) is 39.3 Å². The topological polar surface area (TPSA) is 48.5 Å². The van der Waals surface area contributed by atoms with E-state index in [9.17, 15) is 13.6 Å². The molecular formula is C23H36F2N4O. The van der Waals surface area contributed by atoms with E-state index in [0.29, 0.717) is 30.2 Å². The van der Waals surface area contributed by atoms with Crippen molar-refractivity contribution in [3.63, 3.8) is 0 Å². The fourth-order valence-corrected chi connectivity index (χ4v) is 5.23. The number of halogens is 2. The van der Waals surface area contributed by atoms with Crippen LogP contribution in [0.4, 0.5) is 14.5 Å². The third-order valence-electron chi connectivity index (χ3n) is 7.75. The number of pyridine rings is 1. The number of hydrogen-bond donors (Lipinski definition) is 1. The van der Waals surface area contributed by atoms with E-state index in [1.165, 1.54) is 45.2 Å². The highest BCUT2D eigenvalue weighted by atomic mass is 19.3. The zero-order valence-electron chi connectivity index (χ0n) is 18.8. The number of anilines is 1. The Hall–Kier alpha value is -1.76. The first kappa shape index (κ1) is 22.9. The zero-order chi connectivity index (χ0) is 21.9. The lowest BCUT2D eigenvalue weighted by atomic mass is 9.72. The number of nitrogens with zero attached hydrogens (tertiary/aromatic N) is 3. The van der Waals surface area contributed by atoms with E-state index in [1.807, 2.05) is 4.90 Å². The van der Waals surface area contributed by atoms with E-state index in [2.05, 4.69) is 36.0 Å². The van der Waals surface area contributed by atoms with Crippen molar-refractivity contribution in [2.24, 2.45) is 11.3 Å². The van der Waals surface area contributed by atoms with Crippen LogP contribution in [0.25, 0.3) is 0 Å². The third-order valence-corrected chi connectivity index (χ3v) is 7.75. The molecule has 2 atom stereocenters. The van der Waals surface area contributed by atoms with Gasteiger partial charge in [0.05, 0.1) is 5.69 Å². The summed E-state index contributed by atoms with van der Waals surface area (Å²) in [6, 6.07) is 3.76. The number of piperazine rings is 1. The molecule has 7 heteroatoms. The number of aromatic nitrogens is 1. The van der Waals surface area contributed by atoms with Gasteiger partial charge in [0.15, 0.2) is 0 Å². The van der Waals surface area contributed by atoms with E-state index in [4.69, 9.17) is 0 Å². The molecule has 168 valence electrons. The molecule has 1 aromatic heterocycles. The predicted octanol–water partition coefficient (Wildman–Crippen LogP) is 4.50. The van der Waals surface area contributed by atoms with E-state index in [1.54, 1.807) is 6.07 Å². The molecule has 1 N–H and O–H groups in total. The SMILES string of the molecule is CCC(C)(CC)C1CC[C@@H](N2CCN(c3ccc(C(=O)NC)nc3C(F)F)CC2)C1. The summed E-state index contributed by atoms with van der Waals surface area (Å²) in [7, 11) is 1.47. The van der Waals surface area contributed by atoms with Crippen molar-refractivity contribution >= 4 is 11.6 Å². The minimum absolute atomic E-state index is 0.0297. The van der Waals surface area contributed by atoms with Crippen molar-refractivity contribution in [1.29, 1.82) is 0 Å². The average Bonchev–Trinajstić information content (AvgIpc) is 3.28. The van der Waals surface area contributed by atoms with Gasteiger partial charge in [0.25, 0.3) is 12.3 Å². The molecule has 1 saturated heterocycles. The molecule has 3 rings (SSSR count). The predicted molar refractivity (Wildman–Crippen MR) is 116 cm³/mol. The lowest BCUT2D eigenvalue weighted by molar-refractivity contribution is 0.0956. The number of nitrogens with one attached hydrogen (secondary N) is 1. The van der Waals surface area contributed by atoms with Crippen LogP contribution in [-0.2, 0) is 0 Å². The number of carbonyl (C=O) groups is 1. The van der Waals surface area contributed by atoms with Gasteiger partial charge in [-0.3, -0.25) is 9.69 Å². The highest BCUT2D eigenvalue weighted by molar-refractivity contribution is 5.92. The lowest BCUT2D eigenvalue weighted by Crippen LogP contribution is -2.50. The zero-order valence-corrected chi connectivity index (χ0v) is 18.8. The van der Waals surface area contributed by atoms with E-state index < -0.39 is 12.3 Å². The molecule has 1 amide bonds. The first-order chi connectivity index (χ1) is 14.3. The molecule has 2 heterocycles. The molecule has 1 aromatic rings. The molecule has 2 aliphatic rings. The van der Waals surface area contributed by atoms with Gasteiger partial charge in [-0.2, -0.15) is 0 Å². The van der Waals surface area contributed by atoms with Gasteiger partial charge >= 0.3 is 0 Å². The van der Waals surface area contributed by atoms with E-state index in [0.717, 1.165) is 19.0 Å². The number of amides is 1. The fourth-order valence-electron chi connectivity index (χ4n) is 5.23. The smallest absolute Gasteiger partial charge is 0.282 e. The monoisotopic (exact) mass is 422 g/mol. The maximum Gasteiger partial charge on any atom is 0.282 e. The number of carbonyl (C=O) groups excluding carboxylic acids is 1. The molecule has 1 aliphatic carbocycles. The van der Waals surface area contributed by atoms with Crippen molar-refractivity contribution in [2.45, 2.75) is 65.3 Å². The molecule has 0 aromatic carbocycles. The van der Waals surface area contributed by atoms with Crippen molar-refractivity contribution in [3.8, 4) is 0 Å². The van der Waals surface area contributed by atoms with Gasteiger partial charge in [-0.05, 0) is 42.7 Å². The Morgan fingerprint density at radius 1 is 1.20 bits per heavy atom. The molecule has 30 heavy (non-hydrogen) atoms. The number of alkyl halides is 2. The van der Waals surface area contributed by atoms with Crippen molar-refractivity contribution < 1.29 is 13.6 Å². The summed E-state index contributed by atoms with van der Waals surface area (Å²) in [5, 5.41) is 2.44. The Bertz CT molecular complexity index is 730. The van der Waals surface area contributed by atoms with Gasteiger partial charge < -0.3 is 10.2 Å². The van der Waals surface area contributed by atoms with E-state index >= 15 is 0 Å². The maximum absolute atomic E-state index is 13.6. The van der Waals surface area contributed by atoms with Gasteiger partial charge in [0.1, 0.15) is 11.4 Å². The number of hydrogen-bond acceptors (Lipinski definition) is 4. The minimum atomic E-state index is -2.71. The van der Waals surface area contributed by atoms with Crippen LogP contribution < -0.4 is 10.2 Å². The first-order valence-corrected chi connectivity index (χ1v) is 11.3. The van der Waals surface area contributed by atoms with Crippen LogP contribution in [0.1, 0.15) is 75.5 Å². The Kier molecular flexibility index (Phi) is 7.32. The second kappa shape index (κ2) is 9.58. The van der Waals surface area contributed by atoms with Crippen LogP contribution in [-0.4, -0.2) is 55.1 Å². The summed E-state index contributed by atoms with van der Waals surface area (Å²) < 4.78 is 27.3. The molecule has 1 saturated carbocycles. The molecule has 0 spiro atoms. The van der Waals surface area contributed by atoms with Gasteiger partial charge in [-0.25, -0.2) is 13.8 Å². The molecule has 1 unspecified atom stereocenters. The van der Waals surface area contributed by atoms with Crippen LogP contribution in [0, 0.1) is 11.3 Å². The van der Waals surface area contributed by atoms with Gasteiger partial charge in [-0.15, -0.1) is 0 Å². The second-order valence-corrected chi connectivity index (χ2v) is 9.03. The Labute approximate surface area is 179 Å². The molecule has 0 radical (unpaired) electrons. The lowest BCUT2D eigenvalue weighted by Gasteiger charge is -2.40. The summed E-state index contributed by atoms with van der Waals surface area (Å²) in [6.07, 6.45) is 3.53.